The van der Waals surface area contributed by atoms with Crippen LogP contribution < -0.4 is 10.5 Å². The fourth-order valence-electron chi connectivity index (χ4n) is 2.26. The molecule has 0 saturated carbocycles. The molecule has 1 aromatic rings. The third-order valence-electron chi connectivity index (χ3n) is 4.46. The second-order valence-corrected chi connectivity index (χ2v) is 7.08. The molecule has 0 aliphatic heterocycles. The van der Waals surface area contributed by atoms with Crippen molar-refractivity contribution in [1.82, 2.24) is 0 Å². The van der Waals surface area contributed by atoms with Crippen LogP contribution in [0.1, 0.15) is 0 Å². The molecule has 0 aliphatic carbocycles. The highest BCUT2D eigenvalue weighted by molar-refractivity contribution is 5.43. The SMILES string of the molecule is Nc1cccc(OCC(F)(F)C(F)(F)C(F)(F)C(F)(F)C(F)(F)C(F)(F)C(F)(F)C(F)(F)C(F)(F)F)c1. The predicted molar refractivity (Wildman–Crippen MR) is 82.0 cm³/mol. The van der Waals surface area contributed by atoms with E-state index in [2.05, 4.69) is 4.74 Å². The van der Waals surface area contributed by atoms with E-state index in [-0.39, 0.29) is 5.69 Å². The van der Waals surface area contributed by atoms with Crippen molar-refractivity contribution in [2.24, 2.45) is 0 Å². The quantitative estimate of drug-likeness (QED) is 0.229. The number of nitrogens with two attached hydrogens (primary N) is 1. The number of anilines is 1. The number of alkyl halides is 19. The predicted octanol–water partition coefficient (Wildman–Crippen LogP) is 7.29. The van der Waals surface area contributed by atoms with Gasteiger partial charge in [0.2, 0.25) is 0 Å². The first-order chi connectivity index (χ1) is 16.0. The largest absolute Gasteiger partial charge is 0.487 e. The first-order valence-corrected chi connectivity index (χ1v) is 8.55. The van der Waals surface area contributed by atoms with Gasteiger partial charge in [0.15, 0.2) is 6.61 Å². The molecular weight excluding hydrogens is 583 g/mol. The average molecular weight is 591 g/mol. The van der Waals surface area contributed by atoms with Gasteiger partial charge in [-0.1, -0.05) is 6.07 Å². The fourth-order valence-corrected chi connectivity index (χ4v) is 2.26. The van der Waals surface area contributed by atoms with Crippen LogP contribution in [0.3, 0.4) is 0 Å². The van der Waals surface area contributed by atoms with E-state index in [1.807, 2.05) is 0 Å². The van der Waals surface area contributed by atoms with E-state index in [9.17, 15) is 83.4 Å². The zero-order chi connectivity index (χ0) is 29.9. The smallest absolute Gasteiger partial charge is 0.460 e. The molecule has 0 aliphatic rings. The molecule has 2 N–H and O–H groups in total. The molecule has 0 saturated heterocycles. The maximum atomic E-state index is 13.7. The van der Waals surface area contributed by atoms with E-state index in [1.165, 1.54) is 0 Å². The third-order valence-corrected chi connectivity index (χ3v) is 4.46. The van der Waals surface area contributed by atoms with Gasteiger partial charge in [-0.05, 0) is 12.1 Å². The number of ether oxygens (including phenoxy) is 1. The molecule has 37 heavy (non-hydrogen) atoms. The summed E-state index contributed by atoms with van der Waals surface area (Å²) < 4.78 is 255. The number of rotatable bonds is 10. The van der Waals surface area contributed by atoms with Gasteiger partial charge in [-0.3, -0.25) is 0 Å². The van der Waals surface area contributed by atoms with Gasteiger partial charge in [-0.2, -0.15) is 83.4 Å². The number of hydrogen-bond acceptors (Lipinski definition) is 2. The van der Waals surface area contributed by atoms with Crippen molar-refractivity contribution in [3.8, 4) is 5.75 Å². The van der Waals surface area contributed by atoms with E-state index >= 15 is 0 Å². The Morgan fingerprint density at radius 2 is 0.865 bits per heavy atom. The normalized spacial score (nSPS) is 15.6. The van der Waals surface area contributed by atoms with Crippen molar-refractivity contribution >= 4 is 5.69 Å². The standard InChI is InChI=1S/C16H8F19NO/c17-8(18,5-37-7-3-1-2-6(36)4-7)9(19,20)10(21,22)11(23,24)12(25,26)13(27,28)14(29,30)15(31,32)16(33,34)35/h1-4H,5,36H2. The van der Waals surface area contributed by atoms with Gasteiger partial charge in [0, 0.05) is 11.8 Å². The lowest BCUT2D eigenvalue weighted by atomic mass is 9.87. The first kappa shape index (κ1) is 32.5. The van der Waals surface area contributed by atoms with Crippen LogP contribution in [0.25, 0.3) is 0 Å². The van der Waals surface area contributed by atoms with Gasteiger partial charge >= 0.3 is 53.6 Å². The van der Waals surface area contributed by atoms with Gasteiger partial charge in [0.05, 0.1) is 0 Å². The van der Waals surface area contributed by atoms with Gasteiger partial charge in [0.1, 0.15) is 5.75 Å². The second kappa shape index (κ2) is 8.77. The minimum Gasteiger partial charge on any atom is -0.487 e. The van der Waals surface area contributed by atoms with Crippen molar-refractivity contribution in [2.75, 3.05) is 12.3 Å². The summed E-state index contributed by atoms with van der Waals surface area (Å²) in [6.45, 7) is -3.11. The van der Waals surface area contributed by atoms with Crippen molar-refractivity contribution in [1.29, 1.82) is 0 Å². The Labute approximate surface area is 191 Å². The van der Waals surface area contributed by atoms with Crippen LogP contribution in [0, 0.1) is 0 Å². The highest BCUT2D eigenvalue weighted by Crippen LogP contribution is 2.65. The van der Waals surface area contributed by atoms with Gasteiger partial charge in [-0.25, -0.2) is 0 Å². The molecule has 0 heterocycles. The number of nitrogen functional groups attached to an aromatic ring is 1. The summed E-state index contributed by atoms with van der Waals surface area (Å²) in [5, 5.41) is 0. The molecule has 0 spiro atoms. The van der Waals surface area contributed by atoms with E-state index in [4.69, 9.17) is 5.73 Å². The molecule has 1 rings (SSSR count). The highest BCUT2D eigenvalue weighted by Gasteiger charge is 2.96. The number of benzene rings is 1. The molecule has 0 radical (unpaired) electrons. The summed E-state index contributed by atoms with van der Waals surface area (Å²) in [6, 6.07) is 3.03. The molecule has 216 valence electrons. The molecule has 0 bridgehead atoms. The van der Waals surface area contributed by atoms with E-state index < -0.39 is 65.9 Å². The molecule has 21 heteroatoms. The number of halogens is 19. The third kappa shape index (κ3) is 4.54. The Hall–Kier alpha value is -2.51. The van der Waals surface area contributed by atoms with Gasteiger partial charge < -0.3 is 10.5 Å². The van der Waals surface area contributed by atoms with E-state index in [1.54, 1.807) is 0 Å². The molecule has 0 aromatic heterocycles. The maximum Gasteiger partial charge on any atom is 0.460 e. The minimum atomic E-state index is -8.95. The highest BCUT2D eigenvalue weighted by atomic mass is 19.4. The van der Waals surface area contributed by atoms with Crippen LogP contribution in [0.5, 0.6) is 5.75 Å². The Morgan fingerprint density at radius 3 is 1.22 bits per heavy atom. The summed E-state index contributed by atoms with van der Waals surface area (Å²) in [7, 11) is 0. The van der Waals surface area contributed by atoms with E-state index in [0.29, 0.717) is 12.1 Å². The van der Waals surface area contributed by atoms with Crippen LogP contribution in [0.4, 0.5) is 89.1 Å². The van der Waals surface area contributed by atoms with Gasteiger partial charge in [0.25, 0.3) is 0 Å². The van der Waals surface area contributed by atoms with Crippen molar-refractivity contribution in [3.63, 3.8) is 0 Å². The lowest BCUT2D eigenvalue weighted by Gasteiger charge is -2.43. The van der Waals surface area contributed by atoms with Gasteiger partial charge in [-0.15, -0.1) is 0 Å². The lowest BCUT2D eigenvalue weighted by Crippen LogP contribution is -2.76. The minimum absolute atomic E-state index is 0.358. The van der Waals surface area contributed by atoms with Crippen LogP contribution in [-0.4, -0.2) is 60.2 Å². The summed E-state index contributed by atoms with van der Waals surface area (Å²) in [5.74, 6) is -67.9. The Balaban J connectivity index is 3.55. The summed E-state index contributed by atoms with van der Waals surface area (Å²) in [5.41, 5.74) is 4.76. The Morgan fingerprint density at radius 1 is 0.514 bits per heavy atom. The molecule has 2 nitrogen and oxygen atoms in total. The maximum absolute atomic E-state index is 13.7. The zero-order valence-electron chi connectivity index (χ0n) is 16.7. The van der Waals surface area contributed by atoms with Crippen molar-refractivity contribution in [3.05, 3.63) is 24.3 Å². The van der Waals surface area contributed by atoms with Crippen molar-refractivity contribution in [2.45, 2.75) is 53.6 Å². The molecule has 0 atom stereocenters. The topological polar surface area (TPSA) is 35.2 Å². The average Bonchev–Trinajstić information content (AvgIpc) is 2.70. The molecule has 0 fully saturated rings. The molecular formula is C16H8F19NO. The van der Waals surface area contributed by atoms with Crippen LogP contribution in [0.2, 0.25) is 0 Å². The Kier molecular flexibility index (Phi) is 7.71. The summed E-state index contributed by atoms with van der Waals surface area (Å²) in [4.78, 5) is 0. The van der Waals surface area contributed by atoms with Crippen LogP contribution in [-0.2, 0) is 0 Å². The molecule has 0 amide bonds. The molecule has 1 aromatic carbocycles. The van der Waals surface area contributed by atoms with Crippen LogP contribution in [0.15, 0.2) is 24.3 Å². The Bertz CT molecular complexity index is 967. The molecule has 0 unspecified atom stereocenters. The summed E-state index contributed by atoms with van der Waals surface area (Å²) in [6.07, 6.45) is -7.91. The fraction of sp³-hybridized carbons (Fsp3) is 0.625. The van der Waals surface area contributed by atoms with Crippen LogP contribution >= 0.6 is 0 Å². The number of hydrogen-bond donors (Lipinski definition) is 1. The van der Waals surface area contributed by atoms with Crippen molar-refractivity contribution < 1.29 is 88.2 Å². The van der Waals surface area contributed by atoms with E-state index in [0.717, 1.165) is 12.1 Å². The second-order valence-electron chi connectivity index (χ2n) is 7.08. The lowest BCUT2D eigenvalue weighted by molar-refractivity contribution is -0.469. The monoisotopic (exact) mass is 591 g/mol. The zero-order valence-corrected chi connectivity index (χ0v) is 16.7. The first-order valence-electron chi connectivity index (χ1n) is 8.55. The summed E-state index contributed by atoms with van der Waals surface area (Å²) >= 11 is 0.